The molecule has 0 saturated carbocycles. The number of pyridine rings is 1. The van der Waals surface area contributed by atoms with Gasteiger partial charge in [-0.25, -0.2) is 9.78 Å². The number of carbonyl (C=O) groups is 1. The highest BCUT2D eigenvalue weighted by Gasteiger charge is 2.23. The van der Waals surface area contributed by atoms with Gasteiger partial charge in [0.15, 0.2) is 6.61 Å². The number of hydrogen-bond acceptors (Lipinski definition) is 7. The number of nitrogens with zero attached hydrogens (tertiary/aromatic N) is 4. The zero-order chi connectivity index (χ0) is 26.4. The first kappa shape index (κ1) is 25.8. The third-order valence-electron chi connectivity index (χ3n) is 5.77. The Labute approximate surface area is 214 Å². The van der Waals surface area contributed by atoms with Crippen molar-refractivity contribution in [3.05, 3.63) is 78.6 Å². The molecule has 10 heteroatoms. The number of aliphatic hydroxyl groups is 1. The average molecular weight is 504 g/mol. The van der Waals surface area contributed by atoms with Crippen LogP contribution in [0.25, 0.3) is 11.2 Å². The minimum Gasteiger partial charge on any atom is -0.489 e. The lowest BCUT2D eigenvalue weighted by molar-refractivity contribution is -0.139. The van der Waals surface area contributed by atoms with Crippen LogP contribution in [0, 0.1) is 11.3 Å². The molecule has 0 bridgehead atoms. The molecular formula is C27H29N5O5. The Bertz CT molecular complexity index is 1420. The van der Waals surface area contributed by atoms with E-state index >= 15 is 0 Å². The molecule has 1 atom stereocenters. The molecule has 3 N–H and O–H groups in total. The molecule has 0 aliphatic carbocycles. The summed E-state index contributed by atoms with van der Waals surface area (Å²) in [5, 5.41) is 31.9. The van der Waals surface area contributed by atoms with Crippen molar-refractivity contribution in [3.63, 3.8) is 0 Å². The number of fused-ring (bicyclic) bond motifs is 1. The van der Waals surface area contributed by atoms with Crippen molar-refractivity contribution in [2.75, 3.05) is 19.8 Å². The summed E-state index contributed by atoms with van der Waals surface area (Å²) in [5.41, 5.74) is 1.61. The van der Waals surface area contributed by atoms with Crippen molar-refractivity contribution < 1.29 is 24.5 Å². The van der Waals surface area contributed by atoms with Crippen LogP contribution < -0.4 is 14.8 Å². The summed E-state index contributed by atoms with van der Waals surface area (Å²) < 4.78 is 15.0. The van der Waals surface area contributed by atoms with Gasteiger partial charge in [0.2, 0.25) is 0 Å². The van der Waals surface area contributed by atoms with Crippen molar-refractivity contribution in [2.24, 2.45) is 0 Å². The van der Waals surface area contributed by atoms with Crippen molar-refractivity contribution in [2.45, 2.75) is 31.9 Å². The number of aliphatic carboxylic acids is 1. The Kier molecular flexibility index (Phi) is 7.77. The number of para-hydroxylation sites is 2. The number of benzene rings is 1. The van der Waals surface area contributed by atoms with E-state index in [9.17, 15) is 9.90 Å². The molecule has 0 unspecified atom stereocenters. The molecule has 0 saturated heterocycles. The fourth-order valence-electron chi connectivity index (χ4n) is 3.94. The standard InChI is InChI=1S/C27H29N5O5/c1-27(2,12-25-29-15-22-24(37-18-26(34)35)8-5-10-32(22)25)30-14-20(33)17-36-23-7-4-3-6-21(23)31-11-9-19(13-28)16-31/h3-11,15-16,20,30,33H,12,14,17-18H2,1-2H3,(H,34,35)/t20-/m0/s1. The maximum atomic E-state index is 10.9. The van der Waals surface area contributed by atoms with E-state index in [1.165, 1.54) is 0 Å². The topological polar surface area (TPSA) is 134 Å². The number of nitriles is 1. The van der Waals surface area contributed by atoms with Crippen LogP contribution in [-0.2, 0) is 11.2 Å². The van der Waals surface area contributed by atoms with E-state index in [-0.39, 0.29) is 6.61 Å². The smallest absolute Gasteiger partial charge is 0.341 e. The van der Waals surface area contributed by atoms with Gasteiger partial charge in [-0.1, -0.05) is 12.1 Å². The molecule has 10 nitrogen and oxygen atoms in total. The number of aliphatic hydroxyl groups excluding tert-OH is 1. The van der Waals surface area contributed by atoms with Gasteiger partial charge in [0, 0.05) is 37.1 Å². The normalized spacial score (nSPS) is 12.3. The quantitative estimate of drug-likeness (QED) is 0.269. The Morgan fingerprint density at radius 1 is 1.16 bits per heavy atom. The number of hydrogen-bond donors (Lipinski definition) is 3. The first-order chi connectivity index (χ1) is 17.8. The van der Waals surface area contributed by atoms with Gasteiger partial charge in [-0.2, -0.15) is 5.26 Å². The number of β-amino-alcohol motifs (C(OH)–C–C–N with tert-alkyl or cyclic N) is 1. The molecule has 0 radical (unpaired) electrons. The molecule has 1 aromatic carbocycles. The molecule has 0 spiro atoms. The number of nitrogens with one attached hydrogen (secondary N) is 1. The van der Waals surface area contributed by atoms with Gasteiger partial charge in [0.1, 0.15) is 41.6 Å². The molecular weight excluding hydrogens is 474 g/mol. The molecule has 0 aliphatic rings. The van der Waals surface area contributed by atoms with Crippen molar-refractivity contribution in [1.82, 2.24) is 19.3 Å². The maximum absolute atomic E-state index is 10.9. The SMILES string of the molecule is CC(C)(Cc1ncc2c(OCC(=O)O)cccn12)NC[C@H](O)COc1ccccc1-n1ccc(C#N)c1. The van der Waals surface area contributed by atoms with E-state index in [0.29, 0.717) is 35.5 Å². The Balaban J connectivity index is 1.34. The second-order valence-corrected chi connectivity index (χ2v) is 9.28. The fourth-order valence-corrected chi connectivity index (χ4v) is 3.94. The minimum atomic E-state index is -1.05. The molecule has 3 aromatic heterocycles. The van der Waals surface area contributed by atoms with Crippen LogP contribution >= 0.6 is 0 Å². The molecule has 4 rings (SSSR count). The number of carboxylic acids is 1. The van der Waals surface area contributed by atoms with Gasteiger partial charge in [0.25, 0.3) is 0 Å². The number of ether oxygens (including phenoxy) is 2. The van der Waals surface area contributed by atoms with Gasteiger partial charge in [-0.05, 0) is 44.2 Å². The van der Waals surface area contributed by atoms with Crippen molar-refractivity contribution in [1.29, 1.82) is 5.26 Å². The summed E-state index contributed by atoms with van der Waals surface area (Å²) in [7, 11) is 0. The second-order valence-electron chi connectivity index (χ2n) is 9.28. The summed E-state index contributed by atoms with van der Waals surface area (Å²) in [4.78, 5) is 15.4. The van der Waals surface area contributed by atoms with Crippen LogP contribution in [0.1, 0.15) is 25.2 Å². The highest BCUT2D eigenvalue weighted by molar-refractivity contribution is 5.69. The van der Waals surface area contributed by atoms with Crippen molar-refractivity contribution >= 4 is 11.5 Å². The Hall–Kier alpha value is -4.33. The van der Waals surface area contributed by atoms with Crippen molar-refractivity contribution in [3.8, 4) is 23.3 Å². The zero-order valence-electron chi connectivity index (χ0n) is 20.7. The monoisotopic (exact) mass is 503 g/mol. The zero-order valence-corrected chi connectivity index (χ0v) is 20.7. The Morgan fingerprint density at radius 2 is 1.95 bits per heavy atom. The van der Waals surface area contributed by atoms with E-state index in [1.807, 2.05) is 53.3 Å². The maximum Gasteiger partial charge on any atom is 0.341 e. The van der Waals surface area contributed by atoms with E-state index in [2.05, 4.69) is 16.4 Å². The van der Waals surface area contributed by atoms with E-state index in [0.717, 1.165) is 11.5 Å². The molecule has 37 heavy (non-hydrogen) atoms. The van der Waals surface area contributed by atoms with Crippen LogP contribution in [0.15, 0.2) is 67.3 Å². The predicted octanol–water partition coefficient (Wildman–Crippen LogP) is 2.81. The van der Waals surface area contributed by atoms with E-state index in [1.54, 1.807) is 36.8 Å². The number of rotatable bonds is 12. The van der Waals surface area contributed by atoms with Gasteiger partial charge in [-0.15, -0.1) is 0 Å². The third kappa shape index (κ3) is 6.46. The molecule has 0 aliphatic heterocycles. The van der Waals surface area contributed by atoms with Gasteiger partial charge >= 0.3 is 5.97 Å². The number of aromatic nitrogens is 3. The molecule has 0 fully saturated rings. The van der Waals surface area contributed by atoms with E-state index in [4.69, 9.17) is 19.8 Å². The Morgan fingerprint density at radius 3 is 2.70 bits per heavy atom. The number of imidazole rings is 1. The third-order valence-corrected chi connectivity index (χ3v) is 5.77. The van der Waals surface area contributed by atoms with Crippen LogP contribution in [0.4, 0.5) is 0 Å². The van der Waals surface area contributed by atoms with E-state index < -0.39 is 24.2 Å². The summed E-state index contributed by atoms with van der Waals surface area (Å²) >= 11 is 0. The number of carboxylic acid groups (broad SMARTS) is 1. The highest BCUT2D eigenvalue weighted by atomic mass is 16.5. The second kappa shape index (κ2) is 11.2. The highest BCUT2D eigenvalue weighted by Crippen LogP contribution is 2.24. The summed E-state index contributed by atoms with van der Waals surface area (Å²) in [6.45, 7) is 3.99. The lowest BCUT2D eigenvalue weighted by Crippen LogP contribution is -2.46. The largest absolute Gasteiger partial charge is 0.489 e. The summed E-state index contributed by atoms with van der Waals surface area (Å²) in [6.07, 6.45) is 6.82. The fraction of sp³-hybridized carbons (Fsp3) is 0.296. The lowest BCUT2D eigenvalue weighted by atomic mass is 10.00. The predicted molar refractivity (Wildman–Crippen MR) is 136 cm³/mol. The van der Waals surface area contributed by atoms with Crippen LogP contribution in [0.5, 0.6) is 11.5 Å². The molecule has 192 valence electrons. The molecule has 4 aromatic rings. The first-order valence-electron chi connectivity index (χ1n) is 11.8. The summed E-state index contributed by atoms with van der Waals surface area (Å²) in [6, 6.07) is 14.8. The average Bonchev–Trinajstić information content (AvgIpc) is 3.52. The van der Waals surface area contributed by atoms with Gasteiger partial charge in [0.05, 0.1) is 17.4 Å². The van der Waals surface area contributed by atoms with Crippen LogP contribution in [0.2, 0.25) is 0 Å². The van der Waals surface area contributed by atoms with Gasteiger partial charge in [-0.3, -0.25) is 0 Å². The van der Waals surface area contributed by atoms with Crippen LogP contribution in [-0.4, -0.2) is 61.5 Å². The molecule has 0 amide bonds. The van der Waals surface area contributed by atoms with Gasteiger partial charge < -0.3 is 34.0 Å². The molecule has 3 heterocycles. The first-order valence-corrected chi connectivity index (χ1v) is 11.8. The minimum absolute atomic E-state index is 0.0864. The van der Waals surface area contributed by atoms with Crippen LogP contribution in [0.3, 0.4) is 0 Å². The lowest BCUT2D eigenvalue weighted by Gasteiger charge is -2.27. The summed E-state index contributed by atoms with van der Waals surface area (Å²) in [5.74, 6) is 0.782.